The first-order chi connectivity index (χ1) is 18.7. The molecule has 6 rings (SSSR count). The first-order valence-electron chi connectivity index (χ1n) is 13.2. The van der Waals surface area contributed by atoms with E-state index in [0.717, 1.165) is 18.5 Å². The maximum Gasteiger partial charge on any atom is 0.308 e. The van der Waals surface area contributed by atoms with E-state index in [1.807, 2.05) is 36.4 Å². The third kappa shape index (κ3) is 6.01. The molecule has 3 heterocycles. The number of hydrogen-bond donors (Lipinski definition) is 3. The third-order valence-corrected chi connectivity index (χ3v) is 8.90. The second kappa shape index (κ2) is 11.5. The minimum atomic E-state index is -3.69. The fraction of sp³-hybridized carbons (Fsp3) is 0.367. The summed E-state index contributed by atoms with van der Waals surface area (Å²) in [5.74, 6) is -0.869. The Balaban J connectivity index is 1.53. The second-order valence-electron chi connectivity index (χ2n) is 10.5. The standard InChI is InChI=1S/C30H35N3O5S/c1-38-26-13-12-20(19-39(31,36)37)16-23(26)17-32-28-24-14-15-33(18-25(24)30(34)35)29(28)27(21-8-4-2-5-9-21)22-10-6-3-7-11-22/h2-13,16,24-25,27-29,32H,14-15,17-19H2,1H3,(H,34,35)(H2,31,36,37)/t24-,25-,28-,29+/m0/s1. The van der Waals surface area contributed by atoms with Crippen molar-refractivity contribution in [2.24, 2.45) is 17.0 Å². The lowest BCUT2D eigenvalue weighted by molar-refractivity contribution is -0.152. The summed E-state index contributed by atoms with van der Waals surface area (Å²) in [7, 11) is -2.11. The zero-order valence-corrected chi connectivity index (χ0v) is 22.8. The van der Waals surface area contributed by atoms with Crippen LogP contribution in [0.4, 0.5) is 0 Å². The molecule has 1 unspecified atom stereocenters. The molecule has 9 heteroatoms. The molecule has 0 saturated carbocycles. The van der Waals surface area contributed by atoms with Gasteiger partial charge in [-0.25, -0.2) is 13.6 Å². The number of carboxylic acid groups (broad SMARTS) is 1. The van der Waals surface area contributed by atoms with Gasteiger partial charge >= 0.3 is 5.97 Å². The van der Waals surface area contributed by atoms with Crippen molar-refractivity contribution < 1.29 is 23.1 Å². The number of carbonyl (C=O) groups is 1. The maximum atomic E-state index is 12.3. The van der Waals surface area contributed by atoms with Crippen LogP contribution in [0, 0.1) is 11.8 Å². The molecule has 0 amide bonds. The van der Waals surface area contributed by atoms with Crippen LogP contribution in [0.3, 0.4) is 0 Å². The zero-order valence-electron chi connectivity index (χ0n) is 21.9. The number of nitrogens with two attached hydrogens (primary N) is 1. The van der Waals surface area contributed by atoms with Crippen LogP contribution in [-0.2, 0) is 27.1 Å². The van der Waals surface area contributed by atoms with Gasteiger partial charge < -0.3 is 15.2 Å². The summed E-state index contributed by atoms with van der Waals surface area (Å²) in [5.41, 5.74) is 3.76. The molecule has 39 heavy (non-hydrogen) atoms. The molecule has 0 aliphatic carbocycles. The minimum Gasteiger partial charge on any atom is -0.496 e. The van der Waals surface area contributed by atoms with Crippen LogP contribution in [0.15, 0.2) is 78.9 Å². The van der Waals surface area contributed by atoms with Gasteiger partial charge in [0.25, 0.3) is 0 Å². The summed E-state index contributed by atoms with van der Waals surface area (Å²) in [5, 5.41) is 19.1. The molecular weight excluding hydrogens is 514 g/mol. The number of ether oxygens (including phenoxy) is 1. The van der Waals surface area contributed by atoms with Crippen molar-refractivity contribution in [3.05, 3.63) is 101 Å². The first kappa shape index (κ1) is 27.3. The lowest BCUT2D eigenvalue weighted by Crippen LogP contribution is -2.68. The highest BCUT2D eigenvalue weighted by Gasteiger charge is 2.52. The molecule has 3 aliphatic rings. The molecule has 3 fully saturated rings. The minimum absolute atomic E-state index is 0.0303. The van der Waals surface area contributed by atoms with Crippen molar-refractivity contribution in [1.29, 1.82) is 0 Å². The van der Waals surface area contributed by atoms with E-state index in [4.69, 9.17) is 9.88 Å². The lowest BCUT2D eigenvalue weighted by Gasteiger charge is -2.56. The van der Waals surface area contributed by atoms with Gasteiger partial charge in [0, 0.05) is 36.7 Å². The monoisotopic (exact) mass is 549 g/mol. The first-order valence-corrected chi connectivity index (χ1v) is 14.9. The Labute approximate surface area is 229 Å². The van der Waals surface area contributed by atoms with Gasteiger partial charge in [-0.3, -0.25) is 9.69 Å². The maximum absolute atomic E-state index is 12.3. The highest BCUT2D eigenvalue weighted by atomic mass is 32.2. The van der Waals surface area contributed by atoms with Crippen molar-refractivity contribution in [2.45, 2.75) is 36.7 Å². The van der Waals surface area contributed by atoms with Crippen molar-refractivity contribution in [1.82, 2.24) is 10.2 Å². The molecule has 8 nitrogen and oxygen atoms in total. The fourth-order valence-corrected chi connectivity index (χ4v) is 7.20. The molecule has 2 bridgehead atoms. The number of rotatable bonds is 10. The van der Waals surface area contributed by atoms with Gasteiger partial charge in [-0.1, -0.05) is 66.7 Å². The highest BCUT2D eigenvalue weighted by molar-refractivity contribution is 7.88. The van der Waals surface area contributed by atoms with Gasteiger partial charge in [-0.2, -0.15) is 0 Å². The molecule has 3 aliphatic heterocycles. The zero-order chi connectivity index (χ0) is 27.6. The molecule has 0 radical (unpaired) electrons. The number of fused-ring (bicyclic) bond motifs is 3. The van der Waals surface area contributed by atoms with Crippen molar-refractivity contribution in [3.63, 3.8) is 0 Å². The largest absolute Gasteiger partial charge is 0.496 e. The average Bonchev–Trinajstić information content (AvgIpc) is 2.93. The smallest absolute Gasteiger partial charge is 0.308 e. The summed E-state index contributed by atoms with van der Waals surface area (Å²) in [6, 6.07) is 26.0. The number of piperidine rings is 3. The Morgan fingerprint density at radius 2 is 1.72 bits per heavy atom. The van der Waals surface area contributed by atoms with E-state index in [0.29, 0.717) is 24.4 Å². The molecule has 3 saturated heterocycles. The summed E-state index contributed by atoms with van der Waals surface area (Å²) in [6.45, 7) is 1.77. The van der Waals surface area contributed by atoms with E-state index in [9.17, 15) is 18.3 Å². The lowest BCUT2D eigenvalue weighted by atomic mass is 9.66. The summed E-state index contributed by atoms with van der Waals surface area (Å²) in [4.78, 5) is 14.7. The highest BCUT2D eigenvalue weighted by Crippen LogP contribution is 2.44. The van der Waals surface area contributed by atoms with Gasteiger partial charge in [0.05, 0.1) is 18.8 Å². The molecule has 3 aromatic rings. The summed E-state index contributed by atoms with van der Waals surface area (Å²) in [6.07, 6.45) is 0.796. The average molecular weight is 550 g/mol. The van der Waals surface area contributed by atoms with Crippen LogP contribution >= 0.6 is 0 Å². The Bertz CT molecular complexity index is 1360. The number of hydrogen-bond acceptors (Lipinski definition) is 6. The predicted molar refractivity (Wildman–Crippen MR) is 150 cm³/mol. The summed E-state index contributed by atoms with van der Waals surface area (Å²) >= 11 is 0. The van der Waals surface area contributed by atoms with Gasteiger partial charge in [0.1, 0.15) is 5.75 Å². The van der Waals surface area contributed by atoms with Gasteiger partial charge in [0.2, 0.25) is 10.0 Å². The number of sulfonamides is 1. The van der Waals surface area contributed by atoms with Crippen LogP contribution in [0.2, 0.25) is 0 Å². The Hall–Kier alpha value is -3.24. The van der Waals surface area contributed by atoms with E-state index in [1.54, 1.807) is 25.3 Å². The quantitative estimate of drug-likeness (QED) is 0.355. The van der Waals surface area contributed by atoms with E-state index in [2.05, 4.69) is 34.5 Å². The van der Waals surface area contributed by atoms with Crippen LogP contribution in [-0.4, -0.2) is 56.7 Å². The second-order valence-corrected chi connectivity index (χ2v) is 12.2. The molecular formula is C30H35N3O5S. The molecule has 0 spiro atoms. The Morgan fingerprint density at radius 1 is 1.08 bits per heavy atom. The van der Waals surface area contributed by atoms with Crippen molar-refractivity contribution in [2.75, 3.05) is 20.2 Å². The van der Waals surface area contributed by atoms with Crippen molar-refractivity contribution in [3.8, 4) is 5.75 Å². The van der Waals surface area contributed by atoms with E-state index in [-0.39, 0.29) is 29.7 Å². The molecule has 5 atom stereocenters. The van der Waals surface area contributed by atoms with Gasteiger partial charge in [-0.05, 0) is 47.7 Å². The molecule has 206 valence electrons. The van der Waals surface area contributed by atoms with Crippen LogP contribution in [0.25, 0.3) is 0 Å². The number of aliphatic carboxylic acids is 1. The Kier molecular flexibility index (Phi) is 8.04. The van der Waals surface area contributed by atoms with Gasteiger partial charge in [0.15, 0.2) is 0 Å². The molecule has 0 aromatic heterocycles. The van der Waals surface area contributed by atoms with E-state index < -0.39 is 21.9 Å². The normalized spacial score (nSPS) is 24.5. The van der Waals surface area contributed by atoms with Gasteiger partial charge in [-0.15, -0.1) is 0 Å². The number of benzene rings is 3. The van der Waals surface area contributed by atoms with E-state index in [1.165, 1.54) is 11.1 Å². The number of carboxylic acids is 1. The number of nitrogens with one attached hydrogen (secondary N) is 1. The van der Waals surface area contributed by atoms with Crippen LogP contribution in [0.1, 0.15) is 34.6 Å². The van der Waals surface area contributed by atoms with Crippen LogP contribution < -0.4 is 15.2 Å². The van der Waals surface area contributed by atoms with Crippen molar-refractivity contribution >= 4 is 16.0 Å². The predicted octanol–water partition coefficient (Wildman–Crippen LogP) is 3.18. The summed E-state index contributed by atoms with van der Waals surface area (Å²) < 4.78 is 29.0. The number of methoxy groups -OCH3 is 1. The molecule has 3 aromatic carbocycles. The fourth-order valence-electron chi connectivity index (χ4n) is 6.56. The SMILES string of the molecule is COc1ccc(CS(N)(=O)=O)cc1CN[C@H]1[C@H]2CCN(C[C@@H]2C(=O)O)[C@@H]1C(c1ccccc1)c1ccccc1. The van der Waals surface area contributed by atoms with Crippen LogP contribution in [0.5, 0.6) is 5.75 Å². The number of primary sulfonamides is 1. The topological polar surface area (TPSA) is 122 Å². The molecule has 4 N–H and O–H groups in total. The third-order valence-electron chi connectivity index (χ3n) is 8.17. The van der Waals surface area contributed by atoms with E-state index >= 15 is 0 Å². The number of nitrogens with zero attached hydrogens (tertiary/aromatic N) is 1. The Morgan fingerprint density at radius 3 is 2.28 bits per heavy atom.